The van der Waals surface area contributed by atoms with Crippen molar-refractivity contribution in [2.24, 2.45) is 5.73 Å². The van der Waals surface area contributed by atoms with E-state index in [0.717, 1.165) is 60.3 Å². The molecule has 2 unspecified atom stereocenters. The molecule has 1 aliphatic carbocycles. The first-order chi connectivity index (χ1) is 42.5. The van der Waals surface area contributed by atoms with Gasteiger partial charge in [0.1, 0.15) is 42.9 Å². The summed E-state index contributed by atoms with van der Waals surface area (Å²) < 4.78 is 5.74. The lowest BCUT2D eigenvalue weighted by atomic mass is 9.98. The zero-order valence-electron chi connectivity index (χ0n) is 49.1. The highest BCUT2D eigenvalue weighted by Crippen LogP contribution is 2.44. The zero-order chi connectivity index (χ0) is 62.7. The summed E-state index contributed by atoms with van der Waals surface area (Å²) in [6.07, 6.45) is -1.04. The van der Waals surface area contributed by atoms with Crippen LogP contribution in [0.25, 0.3) is 22.0 Å². The van der Waals surface area contributed by atoms with E-state index < -0.39 is 109 Å². The minimum absolute atomic E-state index is 0.0173. The van der Waals surface area contributed by atoms with Gasteiger partial charge in [-0.05, 0) is 84.5 Å². The van der Waals surface area contributed by atoms with Crippen LogP contribution in [-0.4, -0.2) is 154 Å². The maximum atomic E-state index is 15.1. The predicted molar refractivity (Wildman–Crippen MR) is 340 cm³/mol. The Morgan fingerprint density at radius 1 is 0.682 bits per heavy atom. The first kappa shape index (κ1) is 65.8. The molecule has 2 aliphatic rings. The monoisotopic (exact) mass is 1240 g/mol. The molecule has 1 saturated heterocycles. The number of alkyl carbamates (subject to hydrolysis) is 1. The second kappa shape index (κ2) is 32.2. The summed E-state index contributed by atoms with van der Waals surface area (Å²) in [6.45, 7) is 6.37. The molecule has 14 N–H and O–H groups in total. The molecular formula is C65H78N10O11S2. The van der Waals surface area contributed by atoms with Crippen molar-refractivity contribution < 1.29 is 53.6 Å². The Kier molecular flexibility index (Phi) is 24.0. The summed E-state index contributed by atoms with van der Waals surface area (Å²) >= 11 is 0. The summed E-state index contributed by atoms with van der Waals surface area (Å²) in [5.41, 5.74) is 14.3. The second-order valence-electron chi connectivity index (χ2n) is 22.1. The number of hydrogen-bond donors (Lipinski definition) is 13. The number of benzene rings is 5. The van der Waals surface area contributed by atoms with Crippen LogP contribution in [-0.2, 0) is 52.8 Å². The normalized spacial score (nSPS) is 21.1. The summed E-state index contributed by atoms with van der Waals surface area (Å²) in [5.74, 6) is -5.25. The number of aliphatic hydroxyl groups is 3. The number of carbonyl (C=O) groups excluding carboxylic acids is 7. The first-order valence-electron chi connectivity index (χ1n) is 29.4. The van der Waals surface area contributed by atoms with Crippen molar-refractivity contribution in [2.75, 3.05) is 31.3 Å². The predicted octanol–water partition coefficient (Wildman–Crippen LogP) is 3.76. The highest BCUT2D eigenvalue weighted by Gasteiger charge is 2.37. The van der Waals surface area contributed by atoms with Gasteiger partial charge in [-0.2, -0.15) is 0 Å². The van der Waals surface area contributed by atoms with Crippen LogP contribution in [0.15, 0.2) is 152 Å². The van der Waals surface area contributed by atoms with Gasteiger partial charge in [-0.15, -0.1) is 0 Å². The van der Waals surface area contributed by atoms with Crippen LogP contribution in [0, 0.1) is 0 Å². The van der Waals surface area contributed by atoms with Crippen LogP contribution in [0.2, 0.25) is 0 Å². The molecule has 1 aliphatic heterocycles. The first-order valence-corrected chi connectivity index (χ1v) is 31.9. The van der Waals surface area contributed by atoms with Gasteiger partial charge in [0.2, 0.25) is 35.4 Å². The quantitative estimate of drug-likeness (QED) is 0.0361. The third kappa shape index (κ3) is 18.0. The lowest BCUT2D eigenvalue weighted by Gasteiger charge is -2.29. The molecule has 6 aromatic rings. The van der Waals surface area contributed by atoms with Crippen LogP contribution in [0.1, 0.15) is 66.8 Å². The Morgan fingerprint density at radius 2 is 1.26 bits per heavy atom. The molecule has 23 heteroatoms. The molecule has 8 rings (SSSR count). The smallest absolute Gasteiger partial charge is 0.407 e. The summed E-state index contributed by atoms with van der Waals surface area (Å²) in [7, 11) is 2.22. The Labute approximate surface area is 519 Å². The van der Waals surface area contributed by atoms with E-state index in [2.05, 4.69) is 54.1 Å². The van der Waals surface area contributed by atoms with Crippen molar-refractivity contribution in [3.63, 3.8) is 0 Å². The van der Waals surface area contributed by atoms with Crippen molar-refractivity contribution in [1.29, 1.82) is 0 Å². The molecule has 1 fully saturated rings. The zero-order valence-corrected chi connectivity index (χ0v) is 50.7. The van der Waals surface area contributed by atoms with Crippen LogP contribution < -0.4 is 48.3 Å². The SMILES string of the molecule is C=C(N[C@H]1CSSC[C@@H](C(=O)N[C@H](CO)[C@@H](C)O)NC(=O)C([C@@H](C)O)NC(=O)C(CCCCNC(=O)OCC2c3ccccc3-c3ccccc32)NC(=O)[C@@H](Cc2c[nH]c3ccccc23)NC(=O)[C@H](Cc2ccccc2)NC1=O)[C@H](N)Cc1ccccc1. The fourth-order valence-electron chi connectivity index (χ4n) is 10.6. The number of nitrogens with two attached hydrogens (primary N) is 1. The molecule has 21 nitrogen and oxygen atoms in total. The second-order valence-corrected chi connectivity index (χ2v) is 24.7. The minimum Gasteiger partial charge on any atom is -0.449 e. The molecule has 0 radical (unpaired) electrons. The number of aromatic nitrogens is 1. The van der Waals surface area contributed by atoms with E-state index in [-0.39, 0.29) is 62.7 Å². The maximum Gasteiger partial charge on any atom is 0.407 e. The van der Waals surface area contributed by atoms with Gasteiger partial charge in [0.05, 0.1) is 24.9 Å². The average Bonchev–Trinajstić information content (AvgIpc) is 3.35. The van der Waals surface area contributed by atoms with Gasteiger partial charge in [-0.25, -0.2) is 4.79 Å². The number of unbranched alkanes of at least 4 members (excludes halogenated alkanes) is 1. The molecule has 88 heavy (non-hydrogen) atoms. The summed E-state index contributed by atoms with van der Waals surface area (Å²) in [4.78, 5) is 105. The highest BCUT2D eigenvalue weighted by atomic mass is 33.1. The van der Waals surface area contributed by atoms with Crippen LogP contribution in [0.4, 0.5) is 4.79 Å². The molecule has 466 valence electrons. The van der Waals surface area contributed by atoms with Crippen LogP contribution in [0.5, 0.6) is 0 Å². The van der Waals surface area contributed by atoms with Gasteiger partial charge >= 0.3 is 6.09 Å². The van der Waals surface area contributed by atoms with Crippen molar-refractivity contribution in [2.45, 2.75) is 119 Å². The Bertz CT molecular complexity index is 3330. The molecule has 10 atom stereocenters. The van der Waals surface area contributed by atoms with Crippen LogP contribution >= 0.6 is 21.6 Å². The molecule has 0 bridgehead atoms. The van der Waals surface area contributed by atoms with E-state index in [1.807, 2.05) is 109 Å². The standard InChI is InChI=1S/C65H78N10O11S2/c1-38(50(66)30-41-18-6-4-7-19-41)69-56-36-87-88-37-57(63(83)73-55(34-76)39(2)77)74-64(84)58(40(3)78)75-59(79)52(28-16-17-29-67-65(85)86-35-49-47-25-12-10-23-45(47)46-24-11-13-26-48(46)49)70-61(81)54(32-43-33-68-51-27-15-14-22-44(43)51)72-60(80)53(71-62(56)82)31-42-20-8-5-9-21-42/h4-15,18-27,33,39-40,49-50,52-58,68-69,76-78H,1,16-17,28-32,34-37,66H2,2-3H3,(H,67,85)(H,70,81)(H,71,82)(H,72,80)(H,73,83)(H,74,84)(H,75,79)/t39-,40-,50-,52?,53+,54-,55-,56+,57+,58?/m1/s1. The van der Waals surface area contributed by atoms with Crippen molar-refractivity contribution in [1.82, 2.24) is 47.5 Å². The lowest BCUT2D eigenvalue weighted by molar-refractivity contribution is -0.136. The number of fused-ring (bicyclic) bond motifs is 4. The largest absolute Gasteiger partial charge is 0.449 e. The molecule has 7 amide bonds. The third-order valence-corrected chi connectivity index (χ3v) is 18.0. The number of H-pyrrole nitrogens is 1. The van der Waals surface area contributed by atoms with Gasteiger partial charge in [-0.1, -0.05) is 156 Å². The Balaban J connectivity index is 1.08. The number of para-hydroxylation sites is 1. The fraction of sp³-hybridized carbons (Fsp3) is 0.369. The van der Waals surface area contributed by atoms with Gasteiger partial charge in [0, 0.05) is 65.6 Å². The van der Waals surface area contributed by atoms with Gasteiger partial charge in [-0.3, -0.25) is 28.8 Å². The van der Waals surface area contributed by atoms with E-state index in [4.69, 9.17) is 10.5 Å². The average molecular weight is 1240 g/mol. The maximum absolute atomic E-state index is 15.1. The van der Waals surface area contributed by atoms with E-state index in [0.29, 0.717) is 23.2 Å². The molecule has 5 aromatic carbocycles. The lowest BCUT2D eigenvalue weighted by Crippen LogP contribution is -2.62. The number of nitrogens with one attached hydrogen (secondary N) is 9. The fourth-order valence-corrected chi connectivity index (χ4v) is 13.0. The number of ether oxygens (including phenoxy) is 1. The Morgan fingerprint density at radius 3 is 1.92 bits per heavy atom. The van der Waals surface area contributed by atoms with E-state index in [9.17, 15) is 39.3 Å². The van der Waals surface area contributed by atoms with E-state index in [1.54, 1.807) is 30.5 Å². The van der Waals surface area contributed by atoms with Gasteiger partial charge < -0.3 is 73.3 Å². The van der Waals surface area contributed by atoms with Crippen molar-refractivity contribution in [3.05, 3.63) is 180 Å². The number of amides is 7. The van der Waals surface area contributed by atoms with E-state index >= 15 is 9.59 Å². The van der Waals surface area contributed by atoms with Crippen molar-refractivity contribution in [3.8, 4) is 11.1 Å². The highest BCUT2D eigenvalue weighted by molar-refractivity contribution is 8.76. The van der Waals surface area contributed by atoms with Crippen molar-refractivity contribution >= 4 is 74.0 Å². The summed E-state index contributed by atoms with van der Waals surface area (Å²) in [6, 6.07) is 31.6. The number of rotatable bonds is 21. The minimum atomic E-state index is -1.71. The number of carbonyl (C=O) groups is 7. The third-order valence-electron chi connectivity index (χ3n) is 15.6. The molecule has 0 saturated carbocycles. The number of aromatic amines is 1. The number of aliphatic hydroxyl groups excluding tert-OH is 3. The Hall–Kier alpha value is -8.19. The summed E-state index contributed by atoms with van der Waals surface area (Å²) in [5, 5.41) is 54.8. The molecule has 0 spiro atoms. The number of hydrogen-bond acceptors (Lipinski definition) is 15. The topological polar surface area (TPSA) is 327 Å². The van der Waals surface area contributed by atoms with Gasteiger partial charge in [0.15, 0.2) is 0 Å². The van der Waals surface area contributed by atoms with Gasteiger partial charge in [0.25, 0.3) is 0 Å². The molecular weight excluding hydrogens is 1160 g/mol. The molecule has 2 heterocycles. The van der Waals surface area contributed by atoms with Crippen LogP contribution in [0.3, 0.4) is 0 Å². The van der Waals surface area contributed by atoms with E-state index in [1.165, 1.54) is 13.8 Å². The molecule has 1 aromatic heterocycles.